The fourth-order valence-electron chi connectivity index (χ4n) is 6.56. The van der Waals surface area contributed by atoms with Crippen LogP contribution >= 0.6 is 0 Å². The van der Waals surface area contributed by atoms with Crippen LogP contribution in [-0.2, 0) is 20.8 Å². The number of hydrogen-bond acceptors (Lipinski definition) is 7. The van der Waals surface area contributed by atoms with Crippen LogP contribution in [0.4, 0.5) is 5.69 Å². The number of benzene rings is 2. The van der Waals surface area contributed by atoms with Crippen molar-refractivity contribution in [2.45, 2.75) is 78.0 Å². The zero-order chi connectivity index (χ0) is 33.7. The molecule has 2 aromatic rings. The van der Waals surface area contributed by atoms with Crippen molar-refractivity contribution in [2.75, 3.05) is 58.5 Å². The molecule has 0 saturated carbocycles. The maximum Gasteiger partial charge on any atom is 0.251 e. The van der Waals surface area contributed by atoms with Crippen LogP contribution in [0.15, 0.2) is 78.0 Å². The molecule has 48 heavy (non-hydrogen) atoms. The highest BCUT2D eigenvalue weighted by atomic mass is 16.5. The first-order valence-electron chi connectivity index (χ1n) is 18.0. The van der Waals surface area contributed by atoms with Crippen LogP contribution < -0.4 is 15.4 Å². The lowest BCUT2D eigenvalue weighted by Gasteiger charge is -2.38. The van der Waals surface area contributed by atoms with Crippen LogP contribution in [-0.4, -0.2) is 81.1 Å². The van der Waals surface area contributed by atoms with E-state index in [4.69, 9.17) is 14.2 Å². The molecule has 3 heterocycles. The third-order valence-electron chi connectivity index (χ3n) is 9.23. The molecule has 260 valence electrons. The summed E-state index contributed by atoms with van der Waals surface area (Å²) in [6.45, 7) is 12.9. The Morgan fingerprint density at radius 1 is 1.04 bits per heavy atom. The van der Waals surface area contributed by atoms with Gasteiger partial charge in [0.2, 0.25) is 0 Å². The molecular formula is C40H56N4O4. The van der Waals surface area contributed by atoms with Gasteiger partial charge < -0.3 is 24.4 Å². The van der Waals surface area contributed by atoms with Crippen molar-refractivity contribution in [1.82, 2.24) is 15.1 Å². The van der Waals surface area contributed by atoms with E-state index in [1.165, 1.54) is 5.56 Å². The summed E-state index contributed by atoms with van der Waals surface area (Å²) in [5.74, 6) is 1.29. The highest BCUT2D eigenvalue weighted by molar-refractivity contribution is 6.04. The van der Waals surface area contributed by atoms with Crippen LogP contribution in [0.3, 0.4) is 0 Å². The van der Waals surface area contributed by atoms with E-state index in [1.54, 1.807) is 0 Å². The van der Waals surface area contributed by atoms with Gasteiger partial charge in [0.25, 0.3) is 5.91 Å². The number of hydrogen-bond donors (Lipinski definition) is 2. The average molecular weight is 657 g/mol. The molecule has 2 aromatic carbocycles. The van der Waals surface area contributed by atoms with E-state index in [0.29, 0.717) is 31.6 Å². The number of ether oxygens (including phenoxy) is 3. The molecule has 0 bridgehead atoms. The fraction of sp³-hybridized carbons (Fsp3) is 0.525. The standard InChI is InChI=1S/C40H56N4O4/c1-5-6-20-46-23-24-48-38-15-11-32(12-16-38)35-26-34-25-33(8-7-19-41-39(34)44(29-35)27-30(2)3)40(45)42-36-13-9-31(10-14-36)28-43(4)37-17-21-47-22-18-37/h9-16,25-26,29-30,37,39,41H,5-8,17-24,27-28H2,1-4H3,(H,42,45)/b33-25+. The summed E-state index contributed by atoms with van der Waals surface area (Å²) in [5, 5.41) is 6.94. The lowest BCUT2D eigenvalue weighted by Crippen LogP contribution is -2.47. The van der Waals surface area contributed by atoms with Gasteiger partial charge in [-0.15, -0.1) is 0 Å². The molecule has 0 radical (unpaired) electrons. The zero-order valence-corrected chi connectivity index (χ0v) is 29.5. The van der Waals surface area contributed by atoms with Gasteiger partial charge >= 0.3 is 0 Å². The van der Waals surface area contributed by atoms with Crippen LogP contribution in [0.25, 0.3) is 5.57 Å². The first-order valence-corrected chi connectivity index (χ1v) is 18.0. The van der Waals surface area contributed by atoms with Crippen molar-refractivity contribution < 1.29 is 19.0 Å². The van der Waals surface area contributed by atoms with Crippen molar-refractivity contribution in [3.8, 4) is 5.75 Å². The van der Waals surface area contributed by atoms with Crippen LogP contribution in [0, 0.1) is 5.92 Å². The molecule has 3 aliphatic rings. The Bertz CT molecular complexity index is 1390. The second-order valence-electron chi connectivity index (χ2n) is 13.7. The lowest BCUT2D eigenvalue weighted by molar-refractivity contribution is -0.113. The Hall–Kier alpha value is -3.43. The second kappa shape index (κ2) is 18.4. The third-order valence-corrected chi connectivity index (χ3v) is 9.23. The third kappa shape index (κ3) is 10.5. The number of amides is 1. The lowest BCUT2D eigenvalue weighted by atomic mass is 9.94. The number of allylic oxidation sites excluding steroid dienone is 2. The largest absolute Gasteiger partial charge is 0.491 e. The molecule has 0 aliphatic carbocycles. The maximum atomic E-state index is 13.7. The predicted molar refractivity (Wildman–Crippen MR) is 195 cm³/mol. The van der Waals surface area contributed by atoms with Gasteiger partial charge in [-0.3, -0.25) is 15.0 Å². The molecule has 8 nitrogen and oxygen atoms in total. The van der Waals surface area contributed by atoms with Gasteiger partial charge in [-0.05, 0) is 110 Å². The summed E-state index contributed by atoms with van der Waals surface area (Å²) in [5.41, 5.74) is 6.22. The molecule has 2 N–H and O–H groups in total. The van der Waals surface area contributed by atoms with Crippen molar-refractivity contribution in [3.63, 3.8) is 0 Å². The fourth-order valence-corrected chi connectivity index (χ4v) is 6.56. The van der Waals surface area contributed by atoms with Gasteiger partial charge in [0.15, 0.2) is 0 Å². The van der Waals surface area contributed by atoms with Gasteiger partial charge in [0, 0.05) is 56.4 Å². The molecule has 1 unspecified atom stereocenters. The van der Waals surface area contributed by atoms with Crippen molar-refractivity contribution >= 4 is 17.2 Å². The summed E-state index contributed by atoms with van der Waals surface area (Å²) in [4.78, 5) is 18.5. The molecule has 1 amide bonds. The number of anilines is 1. The number of nitrogens with zero attached hydrogens (tertiary/aromatic N) is 2. The maximum absolute atomic E-state index is 13.7. The number of unbranched alkanes of at least 4 members (excludes halogenated alkanes) is 1. The Morgan fingerprint density at radius 3 is 2.54 bits per heavy atom. The molecule has 0 spiro atoms. The average Bonchev–Trinajstić information content (AvgIpc) is 3.08. The number of rotatable bonds is 15. The highest BCUT2D eigenvalue weighted by Gasteiger charge is 2.27. The number of carbonyl (C=O) groups is 1. The Labute approximate surface area is 288 Å². The van der Waals surface area contributed by atoms with Crippen molar-refractivity contribution in [2.24, 2.45) is 5.92 Å². The minimum absolute atomic E-state index is 0.0153. The molecule has 5 rings (SSSR count). The predicted octanol–water partition coefficient (Wildman–Crippen LogP) is 7.01. The first kappa shape index (κ1) is 35.9. The van der Waals surface area contributed by atoms with E-state index in [9.17, 15) is 4.79 Å². The van der Waals surface area contributed by atoms with Crippen LogP contribution in [0.1, 0.15) is 70.4 Å². The SMILES string of the molecule is CCCCOCCOc1ccc(C2=CN(CC(C)C)C3NCCC/C(C(=O)Nc4ccc(CN(C)C5CCOCC5)cc4)=C\C3=C2)cc1. The smallest absolute Gasteiger partial charge is 0.251 e. The molecule has 1 saturated heterocycles. The summed E-state index contributed by atoms with van der Waals surface area (Å²) in [7, 11) is 2.19. The van der Waals surface area contributed by atoms with Crippen LogP contribution in [0.5, 0.6) is 5.75 Å². The van der Waals surface area contributed by atoms with E-state index in [1.807, 2.05) is 24.3 Å². The van der Waals surface area contributed by atoms with E-state index in [2.05, 4.69) is 90.9 Å². The monoisotopic (exact) mass is 656 g/mol. The molecule has 1 fully saturated rings. The van der Waals surface area contributed by atoms with Gasteiger partial charge in [-0.25, -0.2) is 0 Å². The zero-order valence-electron chi connectivity index (χ0n) is 29.5. The topological polar surface area (TPSA) is 75.3 Å². The molecule has 0 aromatic heterocycles. The Balaban J connectivity index is 1.27. The Kier molecular flexibility index (Phi) is 13.7. The van der Waals surface area contributed by atoms with Crippen molar-refractivity contribution in [3.05, 3.63) is 89.2 Å². The minimum Gasteiger partial charge on any atom is -0.491 e. The number of fused-ring (bicyclic) bond motifs is 1. The van der Waals surface area contributed by atoms with E-state index in [-0.39, 0.29) is 12.1 Å². The summed E-state index contributed by atoms with van der Waals surface area (Å²) < 4.78 is 17.1. The molecule has 1 atom stereocenters. The number of nitrogens with one attached hydrogen (secondary N) is 2. The first-order chi connectivity index (χ1) is 23.4. The Morgan fingerprint density at radius 2 is 1.81 bits per heavy atom. The molecule has 3 aliphatic heterocycles. The second-order valence-corrected chi connectivity index (χ2v) is 13.7. The van der Waals surface area contributed by atoms with E-state index < -0.39 is 0 Å². The van der Waals surface area contributed by atoms with Crippen LogP contribution in [0.2, 0.25) is 0 Å². The van der Waals surface area contributed by atoms with Gasteiger partial charge in [-0.2, -0.15) is 0 Å². The summed E-state index contributed by atoms with van der Waals surface area (Å²) in [6, 6.07) is 17.1. The van der Waals surface area contributed by atoms with Gasteiger partial charge in [0.1, 0.15) is 18.5 Å². The molecular weight excluding hydrogens is 600 g/mol. The summed E-state index contributed by atoms with van der Waals surface area (Å²) in [6.07, 6.45) is 12.6. The quantitative estimate of drug-likeness (QED) is 0.200. The minimum atomic E-state index is -0.0321. The summed E-state index contributed by atoms with van der Waals surface area (Å²) >= 11 is 0. The number of carbonyl (C=O) groups excluding carboxylic acids is 1. The molecule has 8 heteroatoms. The highest BCUT2D eigenvalue weighted by Crippen LogP contribution is 2.31. The van der Waals surface area contributed by atoms with E-state index >= 15 is 0 Å². The van der Waals surface area contributed by atoms with Gasteiger partial charge in [0.05, 0.1) is 6.61 Å². The van der Waals surface area contributed by atoms with Gasteiger partial charge in [-0.1, -0.05) is 51.5 Å². The van der Waals surface area contributed by atoms with Crippen molar-refractivity contribution in [1.29, 1.82) is 0 Å². The van der Waals surface area contributed by atoms with E-state index in [0.717, 1.165) is 105 Å². The normalized spacial score (nSPS) is 19.9.